The Morgan fingerprint density at radius 1 is 0.554 bits per heavy atom. The van der Waals surface area contributed by atoms with E-state index in [1.54, 1.807) is 24.3 Å². The monoisotopic (exact) mass is 1050 g/mol. The van der Waals surface area contributed by atoms with Gasteiger partial charge in [-0.15, -0.1) is 0 Å². The zero-order valence-electron chi connectivity index (χ0n) is 38.7. The number of aryl methyl sites for hydroxylation is 1. The number of phenols is 1. The standard InChI is InChI=1S/C52H40N8O11S3/c1-51-17-15-32-31-10-4-27(61)21-26(31)3-9-33(32)42(51)16-19-52(51,62)18-14-25-2-8-34-38(20-25)47-54-43(34)53-44-35-11-5-29(73(66,67)68)23-40(35)49(56-44)60-50-41-24-30(74(69,70)71)7-13-37(41)46(59-50)58-48-39-22-28(72(63,64)65)6-12-36(39)45(55-47)57-48/h2,4-8,10-13,20-24,32-33,42,61-62H,3,9,15-17,19H2,1H3,(H,63,64,65)(H,66,67,68)(H,69,70,71)(H2,53,54,55,56,57,58,59,60)/t32-,33-,42+,51+,52-/m1/s1. The SMILES string of the molecule is C[C@]12CC[C@@H]3c4ccc(O)cc4CC[C@H]3[C@@H]1CC[C@]2(O)C#Cc1ccc2c(c1)-c1nc-2nc2[nH]c(nc3nc(nc4[nH]c(n1)c1ccc(S(=O)(=O)O)cc41)-c1ccc(S(=O)(=O)O)cc1-3)c1cc(S(=O)(=O)O)ccc21. The highest BCUT2D eigenvalue weighted by Crippen LogP contribution is 2.64. The van der Waals surface area contributed by atoms with Gasteiger partial charge >= 0.3 is 0 Å². The molecule has 5 atom stereocenters. The van der Waals surface area contributed by atoms with Gasteiger partial charge < -0.3 is 20.2 Å². The summed E-state index contributed by atoms with van der Waals surface area (Å²) in [4.78, 5) is 33.9. The van der Waals surface area contributed by atoms with Crippen molar-refractivity contribution in [2.45, 2.75) is 71.7 Å². The number of nitrogens with one attached hydrogen (secondary N) is 2. The first kappa shape index (κ1) is 46.3. The topological polar surface area (TPSA) is 312 Å². The number of hydrogen-bond acceptors (Lipinski definition) is 14. The maximum Gasteiger partial charge on any atom is 0.294 e. The van der Waals surface area contributed by atoms with Crippen LogP contribution in [0.25, 0.3) is 89.7 Å². The normalized spacial score (nSPS) is 22.0. The summed E-state index contributed by atoms with van der Waals surface area (Å²) in [6.45, 7) is 2.17. The molecule has 5 heterocycles. The molecule has 3 aromatic heterocycles. The van der Waals surface area contributed by atoms with Crippen LogP contribution in [0.2, 0.25) is 0 Å². The molecule has 372 valence electrons. The molecule has 8 aromatic rings. The highest BCUT2D eigenvalue weighted by molar-refractivity contribution is 7.86. The molecule has 22 heteroatoms. The zero-order chi connectivity index (χ0) is 51.4. The molecule has 13 rings (SSSR count). The fraction of sp³-hybridized carbons (Fsp3) is 0.231. The molecule has 3 aliphatic carbocycles. The van der Waals surface area contributed by atoms with Crippen LogP contribution >= 0.6 is 0 Å². The number of aromatic amines is 2. The highest BCUT2D eigenvalue weighted by atomic mass is 32.2. The van der Waals surface area contributed by atoms with Crippen molar-refractivity contribution in [1.29, 1.82) is 0 Å². The molecular formula is C52H40N8O11S3. The van der Waals surface area contributed by atoms with Crippen molar-refractivity contribution in [3.63, 3.8) is 0 Å². The van der Waals surface area contributed by atoms with Gasteiger partial charge in [0.1, 0.15) is 33.9 Å². The summed E-state index contributed by atoms with van der Waals surface area (Å²) < 4.78 is 105. The quantitative estimate of drug-likeness (QED) is 0.0652. The van der Waals surface area contributed by atoms with Gasteiger partial charge in [-0.2, -0.15) is 25.3 Å². The smallest absolute Gasteiger partial charge is 0.294 e. The molecule has 2 saturated carbocycles. The second-order valence-corrected chi connectivity index (χ2v) is 24.1. The van der Waals surface area contributed by atoms with Crippen molar-refractivity contribution in [3.8, 4) is 63.1 Å². The molecule has 5 aliphatic rings. The summed E-state index contributed by atoms with van der Waals surface area (Å²) in [7, 11) is -14.2. The lowest BCUT2D eigenvalue weighted by molar-refractivity contribution is -0.0647. The Labute approximate surface area is 421 Å². The number of aromatic nitrogens is 8. The Bertz CT molecular complexity index is 4470. The third-order valence-corrected chi connectivity index (χ3v) is 18.5. The molecule has 0 radical (unpaired) electrons. The Hall–Kier alpha value is -7.49. The molecule has 7 N–H and O–H groups in total. The van der Waals surface area contributed by atoms with E-state index < -0.39 is 56.1 Å². The van der Waals surface area contributed by atoms with Crippen LogP contribution in [0.5, 0.6) is 5.75 Å². The van der Waals surface area contributed by atoms with Gasteiger partial charge in [0.15, 0.2) is 23.3 Å². The number of hydrogen-bond donors (Lipinski definition) is 7. The zero-order valence-corrected chi connectivity index (χ0v) is 41.2. The van der Waals surface area contributed by atoms with Gasteiger partial charge in [0.05, 0.1) is 14.7 Å². The summed E-state index contributed by atoms with van der Waals surface area (Å²) in [5.41, 5.74) is 2.89. The van der Waals surface area contributed by atoms with Crippen LogP contribution in [0.1, 0.15) is 61.6 Å². The molecule has 2 fully saturated rings. The minimum atomic E-state index is -4.75. The molecule has 0 unspecified atom stereocenters. The van der Waals surface area contributed by atoms with Crippen LogP contribution in [0.4, 0.5) is 0 Å². The van der Waals surface area contributed by atoms with Crippen molar-refractivity contribution in [3.05, 3.63) is 108 Å². The maximum atomic E-state index is 12.6. The van der Waals surface area contributed by atoms with E-state index in [4.69, 9.17) is 24.9 Å². The van der Waals surface area contributed by atoms with E-state index >= 15 is 0 Å². The van der Waals surface area contributed by atoms with Crippen molar-refractivity contribution in [2.75, 3.05) is 0 Å². The fourth-order valence-corrected chi connectivity index (χ4v) is 13.8. The van der Waals surface area contributed by atoms with Gasteiger partial charge in [0.2, 0.25) is 0 Å². The molecule has 2 aliphatic heterocycles. The third-order valence-electron chi connectivity index (χ3n) is 15.9. The average molecular weight is 1050 g/mol. The number of aliphatic hydroxyl groups is 1. The first-order valence-electron chi connectivity index (χ1n) is 23.5. The number of benzene rings is 5. The van der Waals surface area contributed by atoms with Gasteiger partial charge in [-0.05, 0) is 152 Å². The average Bonchev–Trinajstić information content (AvgIpc) is 4.14. The van der Waals surface area contributed by atoms with Crippen LogP contribution < -0.4 is 0 Å². The minimum absolute atomic E-state index is 0.0151. The lowest BCUT2D eigenvalue weighted by Crippen LogP contribution is -2.50. The second-order valence-electron chi connectivity index (χ2n) is 19.8. The number of nitrogens with zero attached hydrogens (tertiary/aromatic N) is 6. The molecule has 0 saturated heterocycles. The largest absolute Gasteiger partial charge is 0.508 e. The maximum absolute atomic E-state index is 12.6. The lowest BCUT2D eigenvalue weighted by Gasteiger charge is -2.52. The Morgan fingerprint density at radius 2 is 1.07 bits per heavy atom. The van der Waals surface area contributed by atoms with Gasteiger partial charge in [-0.25, -0.2) is 29.9 Å². The van der Waals surface area contributed by atoms with Gasteiger partial charge in [-0.3, -0.25) is 13.7 Å². The summed E-state index contributed by atoms with van der Waals surface area (Å²) in [6.07, 6.45) is 4.86. The Morgan fingerprint density at radius 3 is 1.65 bits per heavy atom. The number of rotatable bonds is 3. The molecular weight excluding hydrogens is 1010 g/mol. The lowest BCUT2D eigenvalue weighted by atomic mass is 9.53. The van der Waals surface area contributed by atoms with Gasteiger partial charge in [-0.1, -0.05) is 24.8 Å². The molecule has 19 nitrogen and oxygen atoms in total. The van der Waals surface area contributed by atoms with E-state index in [0.717, 1.165) is 44.2 Å². The minimum Gasteiger partial charge on any atom is -0.508 e. The van der Waals surface area contributed by atoms with Gasteiger partial charge in [0, 0.05) is 54.8 Å². The van der Waals surface area contributed by atoms with Crippen molar-refractivity contribution in [2.24, 2.45) is 17.3 Å². The van der Waals surface area contributed by atoms with E-state index in [9.17, 15) is 49.1 Å². The van der Waals surface area contributed by atoms with Gasteiger partial charge in [0.25, 0.3) is 30.4 Å². The van der Waals surface area contributed by atoms with Crippen molar-refractivity contribution in [1.82, 2.24) is 39.9 Å². The van der Waals surface area contributed by atoms with Crippen LogP contribution in [-0.4, -0.2) is 94.6 Å². The number of aromatic hydroxyl groups is 1. The van der Waals surface area contributed by atoms with E-state index in [2.05, 4.69) is 39.8 Å². The first-order valence-corrected chi connectivity index (χ1v) is 27.8. The molecule has 74 heavy (non-hydrogen) atoms. The van der Waals surface area contributed by atoms with Crippen LogP contribution in [0.3, 0.4) is 0 Å². The first-order chi connectivity index (χ1) is 35.1. The molecule has 0 amide bonds. The van der Waals surface area contributed by atoms with Crippen LogP contribution in [0.15, 0.2) is 106 Å². The van der Waals surface area contributed by atoms with Crippen LogP contribution in [0, 0.1) is 29.1 Å². The predicted octanol–water partition coefficient (Wildman–Crippen LogP) is 7.95. The van der Waals surface area contributed by atoms with E-state index in [1.807, 2.05) is 6.07 Å². The fourth-order valence-electron chi connectivity index (χ4n) is 12.3. The number of H-pyrrole nitrogens is 2. The summed E-state index contributed by atoms with van der Waals surface area (Å²) in [5.74, 6) is 7.99. The Balaban J connectivity index is 1.01. The molecule has 8 bridgehead atoms. The number of fused-ring (bicyclic) bond motifs is 25. The number of phenolic OH excluding ortho intramolecular Hbond substituents is 1. The van der Waals surface area contributed by atoms with Crippen LogP contribution in [-0.2, 0) is 36.8 Å². The van der Waals surface area contributed by atoms with Crippen molar-refractivity contribution >= 4 is 74.5 Å². The van der Waals surface area contributed by atoms with E-state index in [1.165, 1.54) is 53.6 Å². The predicted molar refractivity (Wildman–Crippen MR) is 270 cm³/mol. The van der Waals surface area contributed by atoms with Crippen molar-refractivity contribution < 1.29 is 49.1 Å². The summed E-state index contributed by atoms with van der Waals surface area (Å²) in [6, 6.07) is 22.3. The molecule has 0 spiro atoms. The van der Waals surface area contributed by atoms with E-state index in [-0.39, 0.29) is 79.5 Å². The summed E-state index contributed by atoms with van der Waals surface area (Å²) in [5, 5.41) is 23.8. The van der Waals surface area contributed by atoms with E-state index in [0.29, 0.717) is 45.7 Å². The Kier molecular flexibility index (Phi) is 9.86. The molecule has 5 aromatic carbocycles. The highest BCUT2D eigenvalue weighted by Gasteiger charge is 2.61. The summed E-state index contributed by atoms with van der Waals surface area (Å²) >= 11 is 0. The second kappa shape index (κ2) is 15.8. The third kappa shape index (κ3) is 7.25.